The number of rotatable bonds is 5. The second-order valence-corrected chi connectivity index (χ2v) is 4.27. The SMILES string of the molecule is CCOc1ccc(NC(=S)N[C@@H](C)CC)cc1. The Morgan fingerprint density at radius 1 is 1.29 bits per heavy atom. The van der Waals surface area contributed by atoms with Gasteiger partial charge in [-0.3, -0.25) is 0 Å². The highest BCUT2D eigenvalue weighted by atomic mass is 32.1. The fraction of sp³-hybridized carbons (Fsp3) is 0.462. The summed E-state index contributed by atoms with van der Waals surface area (Å²) in [6, 6.07) is 8.15. The largest absolute Gasteiger partial charge is 0.494 e. The van der Waals surface area contributed by atoms with E-state index in [9.17, 15) is 0 Å². The van der Waals surface area contributed by atoms with Crippen molar-refractivity contribution in [3.63, 3.8) is 0 Å². The Morgan fingerprint density at radius 2 is 1.94 bits per heavy atom. The number of anilines is 1. The van der Waals surface area contributed by atoms with Gasteiger partial charge in [0, 0.05) is 11.7 Å². The summed E-state index contributed by atoms with van der Waals surface area (Å²) in [5.74, 6) is 0.874. The normalized spacial score (nSPS) is 11.7. The summed E-state index contributed by atoms with van der Waals surface area (Å²) in [5.41, 5.74) is 0.967. The monoisotopic (exact) mass is 252 g/mol. The molecule has 0 aliphatic rings. The molecule has 0 amide bonds. The minimum Gasteiger partial charge on any atom is -0.494 e. The summed E-state index contributed by atoms with van der Waals surface area (Å²) in [5, 5.41) is 7.00. The van der Waals surface area contributed by atoms with Crippen molar-refractivity contribution in [2.45, 2.75) is 33.2 Å². The molecule has 0 aliphatic heterocycles. The van der Waals surface area contributed by atoms with Crippen molar-refractivity contribution in [3.05, 3.63) is 24.3 Å². The maximum atomic E-state index is 5.37. The predicted octanol–water partition coefficient (Wildman–Crippen LogP) is 3.17. The van der Waals surface area contributed by atoms with Crippen LogP contribution in [-0.2, 0) is 0 Å². The van der Waals surface area contributed by atoms with E-state index in [0.717, 1.165) is 17.9 Å². The molecule has 0 aliphatic carbocycles. The number of thiocarbonyl (C=S) groups is 1. The van der Waals surface area contributed by atoms with Gasteiger partial charge in [-0.2, -0.15) is 0 Å². The second kappa shape index (κ2) is 7.12. The highest BCUT2D eigenvalue weighted by Crippen LogP contribution is 2.15. The van der Waals surface area contributed by atoms with Crippen molar-refractivity contribution in [3.8, 4) is 5.75 Å². The van der Waals surface area contributed by atoms with Crippen molar-refractivity contribution in [1.29, 1.82) is 0 Å². The molecule has 1 aromatic rings. The second-order valence-electron chi connectivity index (χ2n) is 3.87. The van der Waals surface area contributed by atoms with Crippen LogP contribution in [0.15, 0.2) is 24.3 Å². The Bertz CT molecular complexity index is 351. The molecule has 17 heavy (non-hydrogen) atoms. The summed E-state index contributed by atoms with van der Waals surface area (Å²) in [6.45, 7) is 6.88. The van der Waals surface area contributed by atoms with Gasteiger partial charge in [0.2, 0.25) is 0 Å². The first kappa shape index (κ1) is 13.8. The molecule has 0 heterocycles. The van der Waals surface area contributed by atoms with Crippen molar-refractivity contribution in [2.75, 3.05) is 11.9 Å². The maximum Gasteiger partial charge on any atom is 0.170 e. The Morgan fingerprint density at radius 3 is 2.47 bits per heavy atom. The Balaban J connectivity index is 2.48. The van der Waals surface area contributed by atoms with Gasteiger partial charge in [-0.1, -0.05) is 6.92 Å². The summed E-state index contributed by atoms with van der Waals surface area (Å²) < 4.78 is 5.37. The first-order valence-electron chi connectivity index (χ1n) is 5.96. The lowest BCUT2D eigenvalue weighted by atomic mass is 10.3. The molecule has 1 rings (SSSR count). The van der Waals surface area contributed by atoms with Gasteiger partial charge in [0.05, 0.1) is 6.61 Å². The molecule has 0 bridgehead atoms. The fourth-order valence-electron chi connectivity index (χ4n) is 1.29. The molecular weight excluding hydrogens is 232 g/mol. The topological polar surface area (TPSA) is 33.3 Å². The molecular formula is C13H20N2OS. The zero-order chi connectivity index (χ0) is 12.7. The van der Waals surface area contributed by atoms with Crippen LogP contribution in [-0.4, -0.2) is 17.8 Å². The minimum absolute atomic E-state index is 0.387. The lowest BCUT2D eigenvalue weighted by Crippen LogP contribution is -2.35. The first-order chi connectivity index (χ1) is 8.15. The number of hydrogen-bond acceptors (Lipinski definition) is 2. The maximum absolute atomic E-state index is 5.37. The van der Waals surface area contributed by atoms with Crippen LogP contribution in [0.25, 0.3) is 0 Å². The van der Waals surface area contributed by atoms with E-state index in [1.165, 1.54) is 0 Å². The fourth-order valence-corrected chi connectivity index (χ4v) is 1.61. The Kier molecular flexibility index (Phi) is 5.77. The summed E-state index contributed by atoms with van der Waals surface area (Å²) >= 11 is 5.21. The molecule has 4 heteroatoms. The molecule has 0 fully saturated rings. The van der Waals surface area contributed by atoms with Crippen LogP contribution < -0.4 is 15.4 Å². The Labute approximate surface area is 109 Å². The number of nitrogens with one attached hydrogen (secondary N) is 2. The molecule has 0 aromatic heterocycles. The first-order valence-corrected chi connectivity index (χ1v) is 6.37. The van der Waals surface area contributed by atoms with E-state index in [2.05, 4.69) is 24.5 Å². The standard InChI is InChI=1S/C13H20N2OS/c1-4-10(3)14-13(17)15-11-6-8-12(9-7-11)16-5-2/h6-10H,4-5H2,1-3H3,(H2,14,15,17)/t10-/m0/s1. The van der Waals surface area contributed by atoms with Crippen molar-refractivity contribution < 1.29 is 4.74 Å². The highest BCUT2D eigenvalue weighted by molar-refractivity contribution is 7.80. The van der Waals surface area contributed by atoms with Crippen LogP contribution in [0, 0.1) is 0 Å². The van der Waals surface area contributed by atoms with E-state index in [1.54, 1.807) is 0 Å². The molecule has 1 atom stereocenters. The van der Waals surface area contributed by atoms with E-state index in [4.69, 9.17) is 17.0 Å². The quantitative estimate of drug-likeness (QED) is 0.789. The van der Waals surface area contributed by atoms with Gasteiger partial charge in [0.1, 0.15) is 5.75 Å². The molecule has 1 aromatic carbocycles. The molecule has 3 nitrogen and oxygen atoms in total. The molecule has 2 N–H and O–H groups in total. The van der Waals surface area contributed by atoms with Gasteiger partial charge in [-0.25, -0.2) is 0 Å². The summed E-state index contributed by atoms with van der Waals surface area (Å²) in [4.78, 5) is 0. The van der Waals surface area contributed by atoms with Crippen LogP contribution in [0.5, 0.6) is 5.75 Å². The zero-order valence-electron chi connectivity index (χ0n) is 10.6. The van der Waals surface area contributed by atoms with Crippen molar-refractivity contribution >= 4 is 23.0 Å². The summed E-state index contributed by atoms with van der Waals surface area (Å²) in [6.07, 6.45) is 1.05. The van der Waals surface area contributed by atoms with Crippen LogP contribution in [0.1, 0.15) is 27.2 Å². The third-order valence-electron chi connectivity index (χ3n) is 2.41. The average Bonchev–Trinajstić information content (AvgIpc) is 2.31. The van der Waals surface area contributed by atoms with Gasteiger partial charge in [0.15, 0.2) is 5.11 Å². The van der Waals surface area contributed by atoms with E-state index < -0.39 is 0 Å². The van der Waals surface area contributed by atoms with Crippen molar-refractivity contribution in [1.82, 2.24) is 5.32 Å². The van der Waals surface area contributed by atoms with Crippen molar-refractivity contribution in [2.24, 2.45) is 0 Å². The summed E-state index contributed by atoms with van der Waals surface area (Å²) in [7, 11) is 0. The van der Waals surface area contributed by atoms with E-state index in [0.29, 0.717) is 17.8 Å². The number of benzene rings is 1. The third-order valence-corrected chi connectivity index (χ3v) is 2.63. The van der Waals surface area contributed by atoms with Gasteiger partial charge in [0.25, 0.3) is 0 Å². The lowest BCUT2D eigenvalue weighted by Gasteiger charge is -2.15. The van der Waals surface area contributed by atoms with Gasteiger partial charge in [-0.15, -0.1) is 0 Å². The molecule has 0 unspecified atom stereocenters. The molecule has 0 radical (unpaired) electrons. The Hall–Kier alpha value is -1.29. The molecule has 0 saturated carbocycles. The molecule has 94 valence electrons. The zero-order valence-corrected chi connectivity index (χ0v) is 11.4. The van der Waals surface area contributed by atoms with Crippen LogP contribution in [0.4, 0.5) is 5.69 Å². The third kappa shape index (κ3) is 5.04. The van der Waals surface area contributed by atoms with Gasteiger partial charge >= 0.3 is 0 Å². The van der Waals surface area contributed by atoms with E-state index >= 15 is 0 Å². The average molecular weight is 252 g/mol. The van der Waals surface area contributed by atoms with E-state index in [-0.39, 0.29) is 0 Å². The highest BCUT2D eigenvalue weighted by Gasteiger charge is 2.01. The predicted molar refractivity (Wildman–Crippen MR) is 76.7 cm³/mol. The van der Waals surface area contributed by atoms with Crippen LogP contribution >= 0.6 is 12.2 Å². The van der Waals surface area contributed by atoms with Gasteiger partial charge < -0.3 is 15.4 Å². The number of ether oxygens (including phenoxy) is 1. The van der Waals surface area contributed by atoms with Crippen LogP contribution in [0.3, 0.4) is 0 Å². The molecule has 0 saturated heterocycles. The minimum atomic E-state index is 0.387. The molecule has 0 spiro atoms. The van der Waals surface area contributed by atoms with E-state index in [1.807, 2.05) is 31.2 Å². The van der Waals surface area contributed by atoms with Gasteiger partial charge in [-0.05, 0) is 56.8 Å². The number of hydrogen-bond donors (Lipinski definition) is 2. The lowest BCUT2D eigenvalue weighted by molar-refractivity contribution is 0.340. The van der Waals surface area contributed by atoms with Crippen LogP contribution in [0.2, 0.25) is 0 Å². The smallest absolute Gasteiger partial charge is 0.170 e.